The zero-order valence-corrected chi connectivity index (χ0v) is 17.1. The van der Waals surface area contributed by atoms with E-state index in [1.54, 1.807) is 17.9 Å². The summed E-state index contributed by atoms with van der Waals surface area (Å²) >= 11 is 0. The number of hydrogen-bond donors (Lipinski definition) is 0. The Kier molecular flexibility index (Phi) is 4.46. The molecule has 2 aromatic carbocycles. The minimum atomic E-state index is -0.233. The molecule has 0 saturated carbocycles. The molecular formula is C25H22FN3O. The summed E-state index contributed by atoms with van der Waals surface area (Å²) in [7, 11) is 0. The Bertz CT molecular complexity index is 1220. The van der Waals surface area contributed by atoms with Gasteiger partial charge in [-0.05, 0) is 65.9 Å². The molecule has 3 heterocycles. The van der Waals surface area contributed by atoms with Crippen LogP contribution in [-0.2, 0) is 30.8 Å². The Morgan fingerprint density at radius 3 is 2.70 bits per heavy atom. The maximum atomic E-state index is 13.9. The number of benzene rings is 2. The molecule has 2 aliphatic heterocycles. The third-order valence-corrected chi connectivity index (χ3v) is 5.92. The predicted octanol–water partition coefficient (Wildman–Crippen LogP) is 4.27. The molecule has 0 fully saturated rings. The summed E-state index contributed by atoms with van der Waals surface area (Å²) < 4.78 is 13.9. The number of carbonyl (C=O) groups is 1. The Balaban J connectivity index is 1.45. The van der Waals surface area contributed by atoms with Gasteiger partial charge in [-0.2, -0.15) is 0 Å². The smallest absolute Gasteiger partial charge is 0.227 e. The van der Waals surface area contributed by atoms with E-state index in [-0.39, 0.29) is 11.7 Å². The number of halogens is 1. The normalized spacial score (nSPS) is 15.1. The van der Waals surface area contributed by atoms with Crippen LogP contribution < -0.4 is 0 Å². The molecule has 0 N–H and O–H groups in total. The highest BCUT2D eigenvalue weighted by Crippen LogP contribution is 2.30. The summed E-state index contributed by atoms with van der Waals surface area (Å²) in [5.41, 5.74) is 8.96. The minimum absolute atomic E-state index is 0.0762. The molecular weight excluding hydrogens is 377 g/mol. The lowest BCUT2D eigenvalue weighted by molar-refractivity contribution is -0.132. The molecule has 5 rings (SSSR count). The molecule has 2 aliphatic rings. The Hall–Kier alpha value is -3.34. The quantitative estimate of drug-likeness (QED) is 0.660. The monoisotopic (exact) mass is 399 g/mol. The molecule has 150 valence electrons. The first-order valence-corrected chi connectivity index (χ1v) is 10.1. The molecule has 1 amide bonds. The second-order valence-electron chi connectivity index (χ2n) is 8.14. The van der Waals surface area contributed by atoms with Crippen molar-refractivity contribution in [3.05, 3.63) is 99.1 Å². The number of nitrogens with zero attached hydrogens (tertiary/aromatic N) is 3. The van der Waals surface area contributed by atoms with Crippen LogP contribution in [0.2, 0.25) is 0 Å². The van der Waals surface area contributed by atoms with Crippen molar-refractivity contribution in [2.24, 2.45) is 4.99 Å². The molecule has 1 aromatic heterocycles. The highest BCUT2D eigenvalue weighted by Gasteiger charge is 2.27. The Morgan fingerprint density at radius 2 is 1.90 bits per heavy atom. The highest BCUT2D eigenvalue weighted by molar-refractivity contribution is 6.15. The lowest BCUT2D eigenvalue weighted by Crippen LogP contribution is -2.35. The van der Waals surface area contributed by atoms with Crippen molar-refractivity contribution in [3.8, 4) is 0 Å². The summed E-state index contributed by atoms with van der Waals surface area (Å²) in [4.78, 5) is 23.6. The zero-order chi connectivity index (χ0) is 20.8. The van der Waals surface area contributed by atoms with Crippen molar-refractivity contribution < 1.29 is 9.18 Å². The number of carbonyl (C=O) groups excluding carboxylic acids is 1. The van der Waals surface area contributed by atoms with E-state index >= 15 is 0 Å². The Labute approximate surface area is 175 Å². The number of pyridine rings is 1. The largest absolute Gasteiger partial charge is 0.334 e. The first-order valence-electron chi connectivity index (χ1n) is 10.1. The van der Waals surface area contributed by atoms with Crippen molar-refractivity contribution in [3.63, 3.8) is 0 Å². The van der Waals surface area contributed by atoms with Crippen LogP contribution in [0.25, 0.3) is 0 Å². The van der Waals surface area contributed by atoms with Gasteiger partial charge >= 0.3 is 0 Å². The van der Waals surface area contributed by atoms with E-state index in [4.69, 9.17) is 4.99 Å². The maximum Gasteiger partial charge on any atom is 0.227 e. The second-order valence-corrected chi connectivity index (χ2v) is 8.14. The van der Waals surface area contributed by atoms with Crippen molar-refractivity contribution in [1.82, 2.24) is 9.88 Å². The molecule has 0 saturated heterocycles. The lowest BCUT2D eigenvalue weighted by atomic mass is 9.91. The number of aromatic nitrogens is 1. The molecule has 0 radical (unpaired) electrons. The molecule has 0 unspecified atom stereocenters. The second kappa shape index (κ2) is 7.17. The zero-order valence-electron chi connectivity index (χ0n) is 17.1. The lowest BCUT2D eigenvalue weighted by Gasteiger charge is -2.29. The van der Waals surface area contributed by atoms with E-state index < -0.39 is 0 Å². The van der Waals surface area contributed by atoms with Crippen molar-refractivity contribution in [2.75, 3.05) is 0 Å². The number of fused-ring (bicyclic) bond motifs is 2. The van der Waals surface area contributed by atoms with Gasteiger partial charge in [-0.1, -0.05) is 18.2 Å². The first-order chi connectivity index (χ1) is 14.5. The van der Waals surface area contributed by atoms with Crippen LogP contribution in [0.1, 0.15) is 44.6 Å². The van der Waals surface area contributed by atoms with E-state index in [0.29, 0.717) is 31.6 Å². The molecule has 0 bridgehead atoms. The van der Waals surface area contributed by atoms with Gasteiger partial charge in [0.05, 0.1) is 18.7 Å². The molecule has 5 heteroatoms. The summed E-state index contributed by atoms with van der Waals surface area (Å²) in [6, 6.07) is 13.5. The number of amides is 1. The first kappa shape index (κ1) is 18.7. The van der Waals surface area contributed by atoms with Crippen LogP contribution in [0.3, 0.4) is 0 Å². The summed E-state index contributed by atoms with van der Waals surface area (Å²) in [5.74, 6) is -0.156. The average molecular weight is 399 g/mol. The van der Waals surface area contributed by atoms with E-state index in [0.717, 1.165) is 39.2 Å². The van der Waals surface area contributed by atoms with Gasteiger partial charge in [0.2, 0.25) is 5.91 Å². The molecule has 30 heavy (non-hydrogen) atoms. The fourth-order valence-electron chi connectivity index (χ4n) is 4.26. The van der Waals surface area contributed by atoms with Gasteiger partial charge in [0.1, 0.15) is 5.82 Å². The predicted molar refractivity (Wildman–Crippen MR) is 114 cm³/mol. The molecule has 3 aromatic rings. The topological polar surface area (TPSA) is 45.6 Å². The van der Waals surface area contributed by atoms with Gasteiger partial charge in [-0.15, -0.1) is 0 Å². The summed E-state index contributed by atoms with van der Waals surface area (Å²) in [6.07, 6.45) is 2.19. The molecule has 0 spiro atoms. The van der Waals surface area contributed by atoms with Gasteiger partial charge < -0.3 is 4.90 Å². The van der Waals surface area contributed by atoms with Gasteiger partial charge in [0.25, 0.3) is 0 Å². The Morgan fingerprint density at radius 1 is 1.03 bits per heavy atom. The van der Waals surface area contributed by atoms with Crippen LogP contribution in [0.5, 0.6) is 0 Å². The van der Waals surface area contributed by atoms with Crippen molar-refractivity contribution >= 4 is 11.6 Å². The molecule has 0 atom stereocenters. The highest BCUT2D eigenvalue weighted by atomic mass is 19.1. The minimum Gasteiger partial charge on any atom is -0.334 e. The number of aryl methyl sites for hydroxylation is 2. The number of aliphatic imine (C=N–C) groups is 1. The fourth-order valence-corrected chi connectivity index (χ4v) is 4.26. The number of rotatable bonds is 3. The maximum absolute atomic E-state index is 13.9. The van der Waals surface area contributed by atoms with E-state index in [1.807, 2.05) is 25.3 Å². The molecule has 0 aliphatic carbocycles. The van der Waals surface area contributed by atoms with Crippen molar-refractivity contribution in [1.29, 1.82) is 0 Å². The van der Waals surface area contributed by atoms with E-state index in [2.05, 4.69) is 23.2 Å². The van der Waals surface area contributed by atoms with Gasteiger partial charge in [0.15, 0.2) is 0 Å². The average Bonchev–Trinajstić information content (AvgIpc) is 3.12. The van der Waals surface area contributed by atoms with Crippen LogP contribution in [0, 0.1) is 19.7 Å². The summed E-state index contributed by atoms with van der Waals surface area (Å²) in [6.45, 7) is 5.30. The van der Waals surface area contributed by atoms with E-state index in [1.165, 1.54) is 11.6 Å². The van der Waals surface area contributed by atoms with Crippen LogP contribution >= 0.6 is 0 Å². The van der Waals surface area contributed by atoms with Gasteiger partial charge in [0, 0.05) is 36.1 Å². The standard InChI is InChI=1S/C25H22FN3O/c1-15-3-4-17(8-23(15)26)13-29-14-21-10-22-20(9-19(21)11-24(29)30)12-28-25(22)18-5-6-27-16(2)7-18/h3-10H,11-14H2,1-2H3. The van der Waals surface area contributed by atoms with Crippen LogP contribution in [0.15, 0.2) is 53.7 Å². The van der Waals surface area contributed by atoms with E-state index in [9.17, 15) is 9.18 Å². The van der Waals surface area contributed by atoms with Crippen LogP contribution in [0.4, 0.5) is 4.39 Å². The van der Waals surface area contributed by atoms with Crippen molar-refractivity contribution in [2.45, 2.75) is 39.9 Å². The SMILES string of the molecule is Cc1cc(C2=NCc3cc4c(cc32)CN(Cc2ccc(C)c(F)c2)C(=O)C4)ccn1. The third kappa shape index (κ3) is 3.30. The van der Waals surface area contributed by atoms with Gasteiger partial charge in [-0.25, -0.2) is 4.39 Å². The van der Waals surface area contributed by atoms with Crippen LogP contribution in [-0.4, -0.2) is 21.5 Å². The summed E-state index contributed by atoms with van der Waals surface area (Å²) in [5, 5.41) is 0. The van der Waals surface area contributed by atoms with Gasteiger partial charge in [-0.3, -0.25) is 14.8 Å². The fraction of sp³-hybridized carbons (Fsp3) is 0.240. The molecule has 4 nitrogen and oxygen atoms in total. The third-order valence-electron chi connectivity index (χ3n) is 5.92. The number of hydrogen-bond acceptors (Lipinski definition) is 3.